The molecule has 0 radical (unpaired) electrons. The van der Waals surface area contributed by atoms with Gasteiger partial charge in [-0.25, -0.2) is 0 Å². The van der Waals surface area contributed by atoms with Crippen LogP contribution in [0.25, 0.3) is 0 Å². The zero-order chi connectivity index (χ0) is 11.4. The third-order valence-corrected chi connectivity index (χ3v) is 2.90. The van der Waals surface area contributed by atoms with Gasteiger partial charge in [0.1, 0.15) is 0 Å². The maximum Gasteiger partial charge on any atom is 0.389 e. The average Bonchev–Trinajstić information content (AvgIpc) is 2.60. The molecule has 0 unspecified atom stereocenters. The number of ether oxygens (including phenoxy) is 1. The van der Waals surface area contributed by atoms with Crippen molar-refractivity contribution in [3.63, 3.8) is 0 Å². The first-order chi connectivity index (χ1) is 6.97. The van der Waals surface area contributed by atoms with Crippen molar-refractivity contribution in [3.05, 3.63) is 0 Å². The Bertz CT molecular complexity index is 188. The van der Waals surface area contributed by atoms with E-state index in [1.54, 1.807) is 0 Å². The molecule has 0 bridgehead atoms. The molecular formula is C10H18F3NO. The largest absolute Gasteiger partial charge is 0.389 e. The molecule has 5 heteroatoms. The summed E-state index contributed by atoms with van der Waals surface area (Å²) in [6, 6.07) is 0. The van der Waals surface area contributed by atoms with Crippen molar-refractivity contribution in [1.29, 1.82) is 0 Å². The maximum atomic E-state index is 11.9. The van der Waals surface area contributed by atoms with E-state index in [1.165, 1.54) is 0 Å². The fourth-order valence-electron chi connectivity index (χ4n) is 1.99. The molecule has 90 valence electrons. The van der Waals surface area contributed by atoms with E-state index in [9.17, 15) is 13.2 Å². The van der Waals surface area contributed by atoms with Crippen LogP contribution in [-0.2, 0) is 4.74 Å². The molecule has 0 aromatic rings. The molecule has 0 spiro atoms. The van der Waals surface area contributed by atoms with Gasteiger partial charge in [-0.05, 0) is 19.3 Å². The second kappa shape index (κ2) is 5.16. The normalized spacial score (nSPS) is 20.8. The minimum Gasteiger partial charge on any atom is -0.374 e. The second-order valence-corrected chi connectivity index (χ2v) is 4.16. The van der Waals surface area contributed by atoms with E-state index in [1.807, 2.05) is 0 Å². The quantitative estimate of drug-likeness (QED) is 0.730. The van der Waals surface area contributed by atoms with Crippen LogP contribution < -0.4 is 5.73 Å². The van der Waals surface area contributed by atoms with E-state index >= 15 is 0 Å². The number of alkyl halides is 3. The van der Waals surface area contributed by atoms with Crippen molar-refractivity contribution in [3.8, 4) is 0 Å². The molecule has 0 atom stereocenters. The molecule has 2 N–H and O–H groups in total. The Morgan fingerprint density at radius 2 is 1.80 bits per heavy atom. The van der Waals surface area contributed by atoms with Crippen LogP contribution in [-0.4, -0.2) is 24.9 Å². The van der Waals surface area contributed by atoms with Gasteiger partial charge in [0.15, 0.2) is 0 Å². The van der Waals surface area contributed by atoms with E-state index in [-0.39, 0.29) is 18.6 Å². The molecule has 0 aliphatic heterocycles. The smallest absolute Gasteiger partial charge is 0.374 e. The fourth-order valence-corrected chi connectivity index (χ4v) is 1.99. The van der Waals surface area contributed by atoms with E-state index in [0.29, 0.717) is 6.54 Å². The fraction of sp³-hybridized carbons (Fsp3) is 1.00. The molecule has 1 saturated carbocycles. The first kappa shape index (κ1) is 12.8. The Morgan fingerprint density at radius 3 is 2.27 bits per heavy atom. The van der Waals surface area contributed by atoms with Gasteiger partial charge in [-0.3, -0.25) is 0 Å². The minimum absolute atomic E-state index is 0.0330. The van der Waals surface area contributed by atoms with Crippen LogP contribution in [0.4, 0.5) is 13.2 Å². The van der Waals surface area contributed by atoms with Gasteiger partial charge in [0.05, 0.1) is 5.60 Å². The molecule has 0 aromatic carbocycles. The maximum absolute atomic E-state index is 11.9. The van der Waals surface area contributed by atoms with Gasteiger partial charge in [0.2, 0.25) is 0 Å². The lowest BCUT2D eigenvalue weighted by Crippen LogP contribution is -2.38. The van der Waals surface area contributed by atoms with Gasteiger partial charge in [-0.15, -0.1) is 0 Å². The Labute approximate surface area is 88.0 Å². The van der Waals surface area contributed by atoms with E-state index < -0.39 is 12.6 Å². The molecule has 0 saturated heterocycles. The summed E-state index contributed by atoms with van der Waals surface area (Å²) >= 11 is 0. The molecule has 2 nitrogen and oxygen atoms in total. The summed E-state index contributed by atoms with van der Waals surface area (Å²) < 4.78 is 41.1. The third-order valence-electron chi connectivity index (χ3n) is 2.90. The summed E-state index contributed by atoms with van der Waals surface area (Å²) in [6.45, 7) is 0.579. The zero-order valence-electron chi connectivity index (χ0n) is 8.78. The zero-order valence-corrected chi connectivity index (χ0v) is 8.78. The number of hydrogen-bond donors (Lipinski definition) is 1. The van der Waals surface area contributed by atoms with Gasteiger partial charge in [0.25, 0.3) is 0 Å². The van der Waals surface area contributed by atoms with Crippen LogP contribution in [0.1, 0.15) is 38.5 Å². The molecule has 1 aliphatic carbocycles. The van der Waals surface area contributed by atoms with Crippen LogP contribution in [0, 0.1) is 0 Å². The lowest BCUT2D eigenvalue weighted by Gasteiger charge is -2.27. The molecule has 1 aliphatic rings. The van der Waals surface area contributed by atoms with Crippen molar-refractivity contribution in [2.45, 2.75) is 50.3 Å². The highest BCUT2D eigenvalue weighted by molar-refractivity contribution is 4.87. The lowest BCUT2D eigenvalue weighted by atomic mass is 10.0. The van der Waals surface area contributed by atoms with Gasteiger partial charge >= 0.3 is 6.18 Å². The highest BCUT2D eigenvalue weighted by atomic mass is 19.4. The van der Waals surface area contributed by atoms with Gasteiger partial charge < -0.3 is 10.5 Å². The first-order valence-corrected chi connectivity index (χ1v) is 5.38. The predicted octanol–water partition coefficient (Wildman–Crippen LogP) is 2.62. The molecule has 1 rings (SSSR count). The number of nitrogens with two attached hydrogens (primary N) is 1. The Morgan fingerprint density at radius 1 is 1.20 bits per heavy atom. The summed E-state index contributed by atoms with van der Waals surface area (Å²) in [6.07, 6.45) is -0.911. The second-order valence-electron chi connectivity index (χ2n) is 4.16. The minimum atomic E-state index is -4.07. The topological polar surface area (TPSA) is 35.2 Å². The molecule has 15 heavy (non-hydrogen) atoms. The van der Waals surface area contributed by atoms with Crippen LogP contribution in [0.3, 0.4) is 0 Å². The highest BCUT2D eigenvalue weighted by Gasteiger charge is 2.33. The highest BCUT2D eigenvalue weighted by Crippen LogP contribution is 2.32. The Balaban J connectivity index is 2.18. The Hall–Kier alpha value is -0.290. The standard InChI is InChI=1S/C10H18F3NO/c11-10(12,13)6-3-7-15-9(8-14)4-1-2-5-9/h1-8,14H2. The van der Waals surface area contributed by atoms with Crippen molar-refractivity contribution in [1.82, 2.24) is 0 Å². The van der Waals surface area contributed by atoms with Crippen molar-refractivity contribution in [2.24, 2.45) is 5.73 Å². The monoisotopic (exact) mass is 225 g/mol. The van der Waals surface area contributed by atoms with E-state index in [2.05, 4.69) is 0 Å². The van der Waals surface area contributed by atoms with Crippen molar-refractivity contribution < 1.29 is 17.9 Å². The van der Waals surface area contributed by atoms with E-state index in [0.717, 1.165) is 25.7 Å². The number of rotatable bonds is 5. The Kier molecular flexibility index (Phi) is 4.40. The summed E-state index contributed by atoms with van der Waals surface area (Å²) in [4.78, 5) is 0. The average molecular weight is 225 g/mol. The number of halogens is 3. The number of hydrogen-bond acceptors (Lipinski definition) is 2. The summed E-state index contributed by atoms with van der Waals surface area (Å²) in [5.74, 6) is 0. The molecular weight excluding hydrogens is 207 g/mol. The molecule has 0 amide bonds. The summed E-state index contributed by atoms with van der Waals surface area (Å²) in [5, 5.41) is 0. The SMILES string of the molecule is NCC1(OCCCC(F)(F)F)CCCC1. The summed E-state index contributed by atoms with van der Waals surface area (Å²) in [5.41, 5.74) is 5.26. The van der Waals surface area contributed by atoms with E-state index in [4.69, 9.17) is 10.5 Å². The van der Waals surface area contributed by atoms with Gasteiger partial charge in [-0.1, -0.05) is 12.8 Å². The van der Waals surface area contributed by atoms with Crippen LogP contribution in [0.15, 0.2) is 0 Å². The predicted molar refractivity (Wildman–Crippen MR) is 51.5 cm³/mol. The van der Waals surface area contributed by atoms with Gasteiger partial charge in [0, 0.05) is 19.6 Å². The van der Waals surface area contributed by atoms with Crippen LogP contribution in [0.2, 0.25) is 0 Å². The first-order valence-electron chi connectivity index (χ1n) is 5.38. The van der Waals surface area contributed by atoms with Crippen molar-refractivity contribution in [2.75, 3.05) is 13.2 Å². The summed E-state index contributed by atoms with van der Waals surface area (Å²) in [7, 11) is 0. The molecule has 1 fully saturated rings. The van der Waals surface area contributed by atoms with Crippen molar-refractivity contribution >= 4 is 0 Å². The third kappa shape index (κ3) is 4.38. The van der Waals surface area contributed by atoms with Crippen LogP contribution in [0.5, 0.6) is 0 Å². The molecule has 0 aromatic heterocycles. The lowest BCUT2D eigenvalue weighted by molar-refractivity contribution is -0.141. The van der Waals surface area contributed by atoms with Gasteiger partial charge in [-0.2, -0.15) is 13.2 Å². The molecule has 0 heterocycles. The van der Waals surface area contributed by atoms with Crippen LogP contribution >= 0.6 is 0 Å².